The molecule has 2 aromatic rings. The van der Waals surface area contributed by atoms with E-state index >= 15 is 0 Å². The Morgan fingerprint density at radius 3 is 1.77 bits per heavy atom. The van der Waals surface area contributed by atoms with Crippen LogP contribution in [-0.2, 0) is 11.3 Å². The Hall–Kier alpha value is -3.78. The lowest BCUT2D eigenvalue weighted by Crippen LogP contribution is -2.74. The average molecular weight is 686 g/mol. The predicted octanol–water partition coefficient (Wildman–Crippen LogP) is 7.57. The topological polar surface area (TPSA) is 70.7 Å². The maximum Gasteiger partial charge on any atom is 0.460 e. The summed E-state index contributed by atoms with van der Waals surface area (Å²) in [5.74, 6) is -52.9. The fourth-order valence-corrected chi connectivity index (χ4v) is 3.61. The monoisotopic (exact) mass is 685 g/mol. The maximum atomic E-state index is 14.2. The lowest BCUT2D eigenvalue weighted by molar-refractivity contribution is -0.449. The fraction of sp³-hybridized carbons (Fsp3) is 0.364. The Morgan fingerprint density at radius 2 is 1.20 bits per heavy atom. The molecule has 1 aliphatic heterocycles. The van der Waals surface area contributed by atoms with Crippen molar-refractivity contribution in [3.8, 4) is 11.5 Å². The molecule has 3 rings (SSSR count). The summed E-state index contributed by atoms with van der Waals surface area (Å²) < 4.78 is 206. The molecule has 3 amide bonds. The molecular formula is C22H11ClF15N3O3. The van der Waals surface area contributed by atoms with Crippen LogP contribution < -0.4 is 20.5 Å². The van der Waals surface area contributed by atoms with E-state index in [1.54, 1.807) is 0 Å². The lowest BCUT2D eigenvalue weighted by atomic mass is 9.91. The maximum absolute atomic E-state index is 14.2. The van der Waals surface area contributed by atoms with Gasteiger partial charge in [-0.15, -0.1) is 0 Å². The van der Waals surface area contributed by atoms with Crippen LogP contribution in [0.2, 0.25) is 5.02 Å². The van der Waals surface area contributed by atoms with E-state index in [1.165, 1.54) is 36.4 Å². The first kappa shape index (κ1) is 34.7. The molecule has 0 unspecified atom stereocenters. The summed E-state index contributed by atoms with van der Waals surface area (Å²) in [6.45, 7) is -0.551. The van der Waals surface area contributed by atoms with Crippen molar-refractivity contribution in [2.24, 2.45) is 0 Å². The van der Waals surface area contributed by atoms with E-state index in [0.717, 1.165) is 11.5 Å². The standard InChI is InChI=1S/C22H11ClF15N3O3/c23-10-5-6-13-11(7-10)41(8-9-3-1-2-4-12(9)44-13)15(43)40-39-14(42)16(24,25)17(26,27)18(28,29)19(30,31)20(32,33)21(34,35)22(36,37)38/h1-7H,8H2,(H,39,42)(H,40,43). The second-order valence-electron chi connectivity index (χ2n) is 8.74. The highest BCUT2D eigenvalue weighted by Gasteiger charge is 2.94. The van der Waals surface area contributed by atoms with Gasteiger partial charge in [0.25, 0.3) is 0 Å². The zero-order chi connectivity index (χ0) is 33.9. The van der Waals surface area contributed by atoms with E-state index in [4.69, 9.17) is 16.3 Å². The van der Waals surface area contributed by atoms with E-state index in [9.17, 15) is 75.4 Å². The highest BCUT2D eigenvalue weighted by molar-refractivity contribution is 6.31. The van der Waals surface area contributed by atoms with Gasteiger partial charge in [0.2, 0.25) is 0 Å². The van der Waals surface area contributed by atoms with Gasteiger partial charge in [-0.25, -0.2) is 10.2 Å². The minimum absolute atomic E-state index is 0.0811. The van der Waals surface area contributed by atoms with Crippen molar-refractivity contribution >= 4 is 29.2 Å². The van der Waals surface area contributed by atoms with Gasteiger partial charge in [0.05, 0.1) is 12.2 Å². The number of alkyl halides is 15. The molecule has 0 bridgehead atoms. The number of anilines is 1. The molecule has 0 saturated heterocycles. The molecule has 1 heterocycles. The lowest BCUT2D eigenvalue weighted by Gasteiger charge is -2.41. The summed E-state index contributed by atoms with van der Waals surface area (Å²) >= 11 is 5.85. The molecule has 6 nitrogen and oxygen atoms in total. The van der Waals surface area contributed by atoms with Gasteiger partial charge >= 0.3 is 53.6 Å². The molecule has 44 heavy (non-hydrogen) atoms. The van der Waals surface area contributed by atoms with Crippen LogP contribution in [0.5, 0.6) is 11.5 Å². The third-order valence-corrected chi connectivity index (χ3v) is 6.11. The second kappa shape index (κ2) is 10.7. The second-order valence-corrected chi connectivity index (χ2v) is 9.17. The quantitative estimate of drug-likeness (QED) is 0.244. The molecule has 22 heteroatoms. The van der Waals surface area contributed by atoms with Gasteiger partial charge in [-0.05, 0) is 24.3 Å². The van der Waals surface area contributed by atoms with Crippen molar-refractivity contribution in [2.45, 2.75) is 48.3 Å². The van der Waals surface area contributed by atoms with Gasteiger partial charge < -0.3 is 4.74 Å². The number of fused-ring (bicyclic) bond motifs is 2. The number of carbonyl (C=O) groups excluding carboxylic acids is 2. The first-order chi connectivity index (χ1) is 19.8. The zero-order valence-electron chi connectivity index (χ0n) is 20.5. The van der Waals surface area contributed by atoms with Gasteiger partial charge in [-0.2, -0.15) is 65.9 Å². The number of rotatable bonds is 6. The molecule has 2 aromatic carbocycles. The SMILES string of the molecule is O=C(NNC(=O)C(F)(F)C(F)(F)C(F)(F)C(F)(F)C(F)(F)C(F)(F)C(F)(F)F)N1Cc2ccccc2Oc2ccc(Cl)cc21. The number of nitrogens with one attached hydrogen (secondary N) is 2. The average Bonchev–Trinajstić information content (AvgIpc) is 3.06. The zero-order valence-corrected chi connectivity index (χ0v) is 21.2. The number of hydrogen-bond acceptors (Lipinski definition) is 3. The highest BCUT2D eigenvalue weighted by atomic mass is 35.5. The van der Waals surface area contributed by atoms with E-state index in [2.05, 4.69) is 0 Å². The van der Waals surface area contributed by atoms with Crippen LogP contribution in [0.25, 0.3) is 0 Å². The number of para-hydroxylation sites is 1. The van der Waals surface area contributed by atoms with Crippen LogP contribution in [0, 0.1) is 0 Å². The van der Waals surface area contributed by atoms with Gasteiger partial charge in [-0.1, -0.05) is 29.8 Å². The highest BCUT2D eigenvalue weighted by Crippen LogP contribution is 2.62. The summed E-state index contributed by atoms with van der Waals surface area (Å²) in [7, 11) is 0. The molecule has 0 radical (unpaired) electrons. The number of ether oxygens (including phenoxy) is 1. The summed E-state index contributed by atoms with van der Waals surface area (Å²) in [6.07, 6.45) is -7.77. The van der Waals surface area contributed by atoms with Crippen LogP contribution in [0.1, 0.15) is 5.56 Å². The van der Waals surface area contributed by atoms with Crippen molar-refractivity contribution in [1.29, 1.82) is 0 Å². The van der Waals surface area contributed by atoms with Crippen molar-refractivity contribution in [2.75, 3.05) is 4.90 Å². The largest absolute Gasteiger partial charge is 0.460 e. The van der Waals surface area contributed by atoms with Crippen LogP contribution in [0.4, 0.5) is 76.3 Å². The van der Waals surface area contributed by atoms with Crippen LogP contribution in [-0.4, -0.2) is 53.6 Å². The first-order valence-electron chi connectivity index (χ1n) is 11.0. The molecule has 0 spiro atoms. The summed E-state index contributed by atoms with van der Waals surface area (Å²) in [4.78, 5) is 25.0. The minimum atomic E-state index is -8.57. The minimum Gasteiger partial charge on any atom is -0.455 e. The van der Waals surface area contributed by atoms with Crippen molar-refractivity contribution in [3.63, 3.8) is 0 Å². The molecular weight excluding hydrogens is 675 g/mol. The number of urea groups is 1. The Labute approximate surface area is 238 Å². The number of hydrazine groups is 1. The summed E-state index contributed by atoms with van der Waals surface area (Å²) in [5.41, 5.74) is 1.39. The smallest absolute Gasteiger partial charge is 0.455 e. The number of halogens is 16. The molecule has 0 atom stereocenters. The van der Waals surface area contributed by atoms with E-state index < -0.39 is 60.2 Å². The van der Waals surface area contributed by atoms with Crippen molar-refractivity contribution in [1.82, 2.24) is 10.9 Å². The molecule has 1 aliphatic rings. The predicted molar refractivity (Wildman–Crippen MR) is 117 cm³/mol. The van der Waals surface area contributed by atoms with Gasteiger partial charge in [0.15, 0.2) is 5.75 Å². The third kappa shape index (κ3) is 5.17. The van der Waals surface area contributed by atoms with Gasteiger partial charge in [0.1, 0.15) is 5.75 Å². The first-order valence-corrected chi connectivity index (χ1v) is 11.4. The molecule has 2 N–H and O–H groups in total. The van der Waals surface area contributed by atoms with Crippen LogP contribution >= 0.6 is 11.6 Å². The summed E-state index contributed by atoms with van der Waals surface area (Å²) in [5, 5.41) is -0.0811. The van der Waals surface area contributed by atoms with E-state index in [0.29, 0.717) is 10.3 Å². The molecule has 0 aromatic heterocycles. The molecule has 0 aliphatic carbocycles. The number of nitrogens with zero attached hydrogens (tertiary/aromatic N) is 1. The molecule has 244 valence electrons. The molecule has 0 saturated carbocycles. The third-order valence-electron chi connectivity index (χ3n) is 5.87. The Morgan fingerprint density at radius 1 is 0.682 bits per heavy atom. The van der Waals surface area contributed by atoms with Crippen molar-refractivity contribution < 1.29 is 80.2 Å². The van der Waals surface area contributed by atoms with Gasteiger partial charge in [-0.3, -0.25) is 15.1 Å². The van der Waals surface area contributed by atoms with Crippen LogP contribution in [0.15, 0.2) is 42.5 Å². The number of benzene rings is 2. The molecule has 0 fully saturated rings. The Bertz CT molecular complexity index is 1450. The summed E-state index contributed by atoms with van der Waals surface area (Å²) in [6, 6.07) is 7.39. The normalized spacial score (nSPS) is 15.0. The van der Waals surface area contributed by atoms with Crippen molar-refractivity contribution in [3.05, 3.63) is 53.1 Å². The fourth-order valence-electron chi connectivity index (χ4n) is 3.44. The number of carbonyl (C=O) groups is 2. The van der Waals surface area contributed by atoms with Gasteiger partial charge in [0, 0.05) is 10.6 Å². The van der Waals surface area contributed by atoms with E-state index in [1.807, 2.05) is 0 Å². The van der Waals surface area contributed by atoms with E-state index in [-0.39, 0.29) is 27.8 Å². The Balaban J connectivity index is 1.90. The number of hydrogen-bond donors (Lipinski definition) is 2. The van der Waals surface area contributed by atoms with Crippen LogP contribution in [0.3, 0.4) is 0 Å². The number of amides is 3. The Kier molecular flexibility index (Phi) is 8.43.